The van der Waals surface area contributed by atoms with Crippen molar-refractivity contribution in [1.29, 1.82) is 0 Å². The number of anilines is 1. The Morgan fingerprint density at radius 3 is 2.45 bits per heavy atom. The molecule has 4 rings (SSSR count). The van der Waals surface area contributed by atoms with Gasteiger partial charge in [0.15, 0.2) is 0 Å². The molecule has 1 heterocycles. The summed E-state index contributed by atoms with van der Waals surface area (Å²) in [4.78, 5) is 36.2. The van der Waals surface area contributed by atoms with Gasteiger partial charge in [-0.05, 0) is 36.4 Å². The largest absolute Gasteiger partial charge is 0.455 e. The summed E-state index contributed by atoms with van der Waals surface area (Å²) in [6, 6.07) is 13.2. The minimum Gasteiger partial charge on any atom is -0.455 e. The number of esters is 2. The van der Waals surface area contributed by atoms with Gasteiger partial charge in [0, 0.05) is 31.5 Å². The number of fused-ring (bicyclic) bond motifs is 2. The Morgan fingerprint density at radius 1 is 1.03 bits per heavy atom. The minimum atomic E-state index is -0.650. The average Bonchev–Trinajstić information content (AvgIpc) is 2.74. The van der Waals surface area contributed by atoms with E-state index in [2.05, 4.69) is 10.5 Å². The number of para-hydroxylation sites is 1. The first-order valence-corrected chi connectivity index (χ1v) is 9.77. The number of hydrogen-bond acceptors (Lipinski definition) is 8. The van der Waals surface area contributed by atoms with Gasteiger partial charge < -0.3 is 13.9 Å². The van der Waals surface area contributed by atoms with Gasteiger partial charge in [0.05, 0.1) is 17.3 Å². The molecule has 8 nitrogen and oxygen atoms in total. The molecular weight excluding hydrogens is 431 g/mol. The predicted molar refractivity (Wildman–Crippen MR) is 120 cm³/mol. The van der Waals surface area contributed by atoms with Crippen LogP contribution in [0.25, 0.3) is 21.9 Å². The first-order chi connectivity index (χ1) is 15.8. The lowest BCUT2D eigenvalue weighted by molar-refractivity contribution is -0.132. The average molecular weight is 448 g/mol. The van der Waals surface area contributed by atoms with E-state index in [0.29, 0.717) is 11.3 Å². The normalized spacial score (nSPS) is 11.1. The maximum atomic E-state index is 13.2. The van der Waals surface area contributed by atoms with Crippen LogP contribution in [-0.4, -0.2) is 18.2 Å². The minimum absolute atomic E-state index is 0.0344. The van der Waals surface area contributed by atoms with Gasteiger partial charge in [-0.15, -0.1) is 0 Å². The van der Waals surface area contributed by atoms with E-state index in [1.54, 1.807) is 18.2 Å². The molecule has 0 saturated carbocycles. The van der Waals surface area contributed by atoms with E-state index >= 15 is 0 Å². The van der Waals surface area contributed by atoms with Crippen molar-refractivity contribution in [3.05, 3.63) is 76.2 Å². The van der Waals surface area contributed by atoms with Crippen molar-refractivity contribution >= 4 is 45.8 Å². The summed E-state index contributed by atoms with van der Waals surface area (Å²) < 4.78 is 29.3. The van der Waals surface area contributed by atoms with Gasteiger partial charge in [-0.25, -0.2) is 4.39 Å². The Hall–Kier alpha value is -4.53. The fraction of sp³-hybridized carbons (Fsp3) is 0.0833. The van der Waals surface area contributed by atoms with Gasteiger partial charge in [-0.3, -0.25) is 19.8 Å². The van der Waals surface area contributed by atoms with Crippen LogP contribution in [0.15, 0.2) is 68.9 Å². The topological polar surface area (TPSA) is 107 Å². The summed E-state index contributed by atoms with van der Waals surface area (Å²) in [7, 11) is 0. The number of benzene rings is 3. The van der Waals surface area contributed by atoms with Gasteiger partial charge >= 0.3 is 11.9 Å². The number of nitrogens with zero attached hydrogens (tertiary/aromatic N) is 1. The fourth-order valence-corrected chi connectivity index (χ4v) is 3.23. The number of ether oxygens (including phenoxy) is 2. The molecule has 0 saturated heterocycles. The maximum Gasteiger partial charge on any atom is 0.308 e. The monoisotopic (exact) mass is 448 g/mol. The number of carbonyl (C=O) groups is 2. The third-order valence-corrected chi connectivity index (χ3v) is 4.53. The molecule has 0 bridgehead atoms. The predicted octanol–water partition coefficient (Wildman–Crippen LogP) is 4.38. The van der Waals surface area contributed by atoms with Gasteiger partial charge in [-0.2, -0.15) is 5.10 Å². The van der Waals surface area contributed by atoms with Crippen LogP contribution in [0, 0.1) is 5.82 Å². The highest BCUT2D eigenvalue weighted by Crippen LogP contribution is 2.32. The second-order valence-corrected chi connectivity index (χ2v) is 7.01. The van der Waals surface area contributed by atoms with Gasteiger partial charge in [0.25, 0.3) is 0 Å². The van der Waals surface area contributed by atoms with E-state index in [4.69, 9.17) is 13.9 Å². The van der Waals surface area contributed by atoms with Crippen LogP contribution in [0.4, 0.5) is 10.1 Å². The van der Waals surface area contributed by atoms with E-state index in [0.717, 1.165) is 0 Å². The highest BCUT2D eigenvalue weighted by molar-refractivity contribution is 6.01. The second-order valence-electron chi connectivity index (χ2n) is 7.01. The third-order valence-electron chi connectivity index (χ3n) is 4.53. The van der Waals surface area contributed by atoms with E-state index in [9.17, 15) is 18.8 Å². The van der Waals surface area contributed by atoms with Gasteiger partial charge in [0.2, 0.25) is 5.43 Å². The van der Waals surface area contributed by atoms with Gasteiger partial charge in [0.1, 0.15) is 33.9 Å². The van der Waals surface area contributed by atoms with Crippen LogP contribution in [-0.2, 0) is 9.59 Å². The van der Waals surface area contributed by atoms with E-state index < -0.39 is 17.4 Å². The molecule has 0 atom stereocenters. The fourth-order valence-electron chi connectivity index (χ4n) is 3.23. The van der Waals surface area contributed by atoms with Crippen molar-refractivity contribution in [3.63, 3.8) is 0 Å². The van der Waals surface area contributed by atoms with Crippen molar-refractivity contribution in [3.8, 4) is 11.5 Å². The Morgan fingerprint density at radius 2 is 1.76 bits per heavy atom. The van der Waals surface area contributed by atoms with Crippen LogP contribution in [0.5, 0.6) is 11.5 Å². The lowest BCUT2D eigenvalue weighted by Crippen LogP contribution is -2.10. The molecule has 0 aliphatic heterocycles. The number of hydrogen-bond donors (Lipinski definition) is 1. The molecule has 3 aromatic carbocycles. The molecule has 0 aliphatic rings. The molecule has 166 valence electrons. The van der Waals surface area contributed by atoms with Crippen molar-refractivity contribution in [2.75, 3.05) is 5.43 Å². The molecule has 1 aromatic heterocycles. The van der Waals surface area contributed by atoms with E-state index in [1.807, 2.05) is 0 Å². The van der Waals surface area contributed by atoms with Crippen molar-refractivity contribution in [2.45, 2.75) is 13.8 Å². The molecule has 0 unspecified atom stereocenters. The summed E-state index contributed by atoms with van der Waals surface area (Å²) in [5, 5.41) is 4.39. The molecule has 4 aromatic rings. The van der Waals surface area contributed by atoms with E-state index in [-0.39, 0.29) is 39.3 Å². The Balaban J connectivity index is 1.84. The number of rotatable bonds is 5. The zero-order valence-electron chi connectivity index (χ0n) is 17.5. The Labute approximate surface area is 186 Å². The van der Waals surface area contributed by atoms with Crippen molar-refractivity contribution in [2.24, 2.45) is 5.10 Å². The molecule has 0 fully saturated rings. The van der Waals surface area contributed by atoms with Crippen LogP contribution < -0.4 is 20.3 Å². The molecule has 0 radical (unpaired) electrons. The zero-order chi connectivity index (χ0) is 23.5. The molecule has 9 heteroatoms. The zero-order valence-corrected chi connectivity index (χ0v) is 17.5. The van der Waals surface area contributed by atoms with Crippen molar-refractivity contribution in [1.82, 2.24) is 0 Å². The summed E-state index contributed by atoms with van der Waals surface area (Å²) in [5.74, 6) is -1.63. The summed E-state index contributed by atoms with van der Waals surface area (Å²) in [5.41, 5.74) is 3.68. The van der Waals surface area contributed by atoms with Gasteiger partial charge in [-0.1, -0.05) is 6.07 Å². The lowest BCUT2D eigenvalue weighted by Gasteiger charge is -2.10. The molecule has 0 aliphatic carbocycles. The lowest BCUT2D eigenvalue weighted by atomic mass is 10.1. The number of hydrazone groups is 1. The van der Waals surface area contributed by atoms with Crippen LogP contribution in [0.2, 0.25) is 0 Å². The molecule has 33 heavy (non-hydrogen) atoms. The number of nitrogens with one attached hydrogen (secondary N) is 1. The van der Waals surface area contributed by atoms with Crippen LogP contribution in [0.3, 0.4) is 0 Å². The third kappa shape index (κ3) is 4.72. The molecule has 0 spiro atoms. The smallest absolute Gasteiger partial charge is 0.308 e. The molecular formula is C24H17FN2O6. The Kier molecular flexibility index (Phi) is 5.86. The van der Waals surface area contributed by atoms with E-state index in [1.165, 1.54) is 56.5 Å². The summed E-state index contributed by atoms with van der Waals surface area (Å²) in [6.45, 7) is 2.41. The molecule has 1 N–H and O–H groups in total. The SMILES string of the molecule is CC(=O)Oc1cc(OC(C)=O)c2c(=O)c3cccc(/C=N\Nc4ccc(F)cc4)c3oc2c1. The summed E-state index contributed by atoms with van der Waals surface area (Å²) in [6.07, 6.45) is 1.45. The molecule has 0 amide bonds. The van der Waals surface area contributed by atoms with Crippen LogP contribution >= 0.6 is 0 Å². The number of carbonyl (C=O) groups excluding carboxylic acids is 2. The standard InChI is InChI=1S/C24H17FN2O6/c1-13(28)31-18-10-20(32-14(2)29)22-21(11-18)33-24-15(4-3-5-19(24)23(22)30)12-26-27-17-8-6-16(25)7-9-17/h3-12,27H,1-2H3/b26-12-. The highest BCUT2D eigenvalue weighted by Gasteiger charge is 2.18. The summed E-state index contributed by atoms with van der Waals surface area (Å²) >= 11 is 0. The maximum absolute atomic E-state index is 13.2. The van der Waals surface area contributed by atoms with Crippen LogP contribution in [0.1, 0.15) is 19.4 Å². The van der Waals surface area contributed by atoms with Crippen molar-refractivity contribution < 1.29 is 27.9 Å². The second kappa shape index (κ2) is 8.91. The quantitative estimate of drug-likeness (QED) is 0.159. The first-order valence-electron chi connectivity index (χ1n) is 9.77. The highest BCUT2D eigenvalue weighted by atomic mass is 19.1. The first kappa shape index (κ1) is 21.7. The Bertz CT molecular complexity index is 1470. The number of halogens is 1.